The van der Waals surface area contributed by atoms with Gasteiger partial charge in [-0.25, -0.2) is 13.1 Å². The second-order valence-electron chi connectivity index (χ2n) is 7.39. The van der Waals surface area contributed by atoms with Crippen molar-refractivity contribution >= 4 is 39.3 Å². The number of hydrogen-bond acceptors (Lipinski definition) is 6. The zero-order valence-corrected chi connectivity index (χ0v) is 18.1. The largest absolute Gasteiger partial charge is 0.324 e. The predicted molar refractivity (Wildman–Crippen MR) is 117 cm³/mol. The maximum absolute atomic E-state index is 13.1. The number of sulfonamides is 1. The third-order valence-electron chi connectivity index (χ3n) is 5.02. The Hall–Kier alpha value is -2.87. The van der Waals surface area contributed by atoms with Gasteiger partial charge in [-0.05, 0) is 55.3 Å². The summed E-state index contributed by atoms with van der Waals surface area (Å²) in [6, 6.07) is 13.7. The number of benzene rings is 2. The van der Waals surface area contributed by atoms with Crippen LogP contribution in [0.5, 0.6) is 0 Å². The number of amides is 2. The predicted octanol–water partition coefficient (Wildman–Crippen LogP) is 2.15. The van der Waals surface area contributed by atoms with Crippen LogP contribution in [0.1, 0.15) is 28.8 Å². The fourth-order valence-electron chi connectivity index (χ4n) is 3.16. The normalized spacial score (nSPS) is 18.4. The van der Waals surface area contributed by atoms with E-state index in [0.29, 0.717) is 22.9 Å². The molecule has 10 heteroatoms. The molecule has 2 aromatic rings. The van der Waals surface area contributed by atoms with Crippen LogP contribution >= 0.6 is 11.8 Å². The molecule has 4 rings (SSSR count). The van der Waals surface area contributed by atoms with E-state index < -0.39 is 22.0 Å². The molecule has 1 aliphatic heterocycles. The summed E-state index contributed by atoms with van der Waals surface area (Å²) in [5, 5.41) is 11.7. The third kappa shape index (κ3) is 4.90. The molecule has 1 unspecified atom stereocenters. The molecule has 1 saturated heterocycles. The van der Waals surface area contributed by atoms with Gasteiger partial charge in [0.05, 0.1) is 22.4 Å². The standard InChI is InChI=1S/C21H20N4O4S2/c22-11-14-4-6-16(7-5-14)23-20(26)19-12-30-13-25(19)21(27)15-2-1-3-18(10-15)31(28,29)24-17-8-9-17/h1-7,10,17,19,24H,8-9,12-13H2,(H,23,26). The highest BCUT2D eigenvalue weighted by molar-refractivity contribution is 7.99. The number of nitriles is 1. The number of rotatable bonds is 6. The van der Waals surface area contributed by atoms with Gasteiger partial charge in [0.15, 0.2) is 0 Å². The minimum Gasteiger partial charge on any atom is -0.324 e. The summed E-state index contributed by atoms with van der Waals surface area (Å²) in [6.07, 6.45) is 1.64. The molecule has 160 valence electrons. The first-order valence-electron chi connectivity index (χ1n) is 9.69. The number of carbonyl (C=O) groups excluding carboxylic acids is 2. The molecule has 1 atom stereocenters. The van der Waals surface area contributed by atoms with Crippen LogP contribution in [0.25, 0.3) is 0 Å². The topological polar surface area (TPSA) is 119 Å². The summed E-state index contributed by atoms with van der Waals surface area (Å²) in [7, 11) is -3.68. The van der Waals surface area contributed by atoms with Gasteiger partial charge < -0.3 is 10.2 Å². The number of carbonyl (C=O) groups is 2. The van der Waals surface area contributed by atoms with Gasteiger partial charge in [-0.2, -0.15) is 5.26 Å². The van der Waals surface area contributed by atoms with Gasteiger partial charge >= 0.3 is 0 Å². The van der Waals surface area contributed by atoms with Crippen molar-refractivity contribution in [3.8, 4) is 6.07 Å². The van der Waals surface area contributed by atoms with E-state index in [1.54, 1.807) is 30.3 Å². The van der Waals surface area contributed by atoms with E-state index >= 15 is 0 Å². The SMILES string of the molecule is N#Cc1ccc(NC(=O)C2CSCN2C(=O)c2cccc(S(=O)(=O)NC3CC3)c2)cc1. The second kappa shape index (κ2) is 8.70. The molecule has 1 heterocycles. The number of anilines is 1. The molecule has 1 saturated carbocycles. The molecule has 2 amide bonds. The van der Waals surface area contributed by atoms with Crippen molar-refractivity contribution in [1.82, 2.24) is 9.62 Å². The minimum absolute atomic E-state index is 0.0327. The molecule has 1 aliphatic carbocycles. The summed E-state index contributed by atoms with van der Waals surface area (Å²) < 4.78 is 27.6. The molecule has 8 nitrogen and oxygen atoms in total. The maximum Gasteiger partial charge on any atom is 0.255 e. The van der Waals surface area contributed by atoms with Crippen LogP contribution in [-0.2, 0) is 14.8 Å². The fraction of sp³-hybridized carbons (Fsp3) is 0.286. The highest BCUT2D eigenvalue weighted by atomic mass is 32.2. The first-order valence-corrected chi connectivity index (χ1v) is 12.3. The summed E-state index contributed by atoms with van der Waals surface area (Å²) in [4.78, 5) is 27.4. The average Bonchev–Trinajstić information content (AvgIpc) is 3.43. The van der Waals surface area contributed by atoms with Gasteiger partial charge in [0.2, 0.25) is 15.9 Å². The molecule has 2 N–H and O–H groups in total. The summed E-state index contributed by atoms with van der Waals surface area (Å²) in [5.41, 5.74) is 1.24. The smallest absolute Gasteiger partial charge is 0.255 e. The van der Waals surface area contributed by atoms with E-state index in [9.17, 15) is 18.0 Å². The summed E-state index contributed by atoms with van der Waals surface area (Å²) in [5.74, 6) is 0.0483. The quantitative estimate of drug-likeness (QED) is 0.687. The molecule has 2 aromatic carbocycles. The van der Waals surface area contributed by atoms with Gasteiger partial charge in [-0.1, -0.05) is 6.07 Å². The number of nitrogens with one attached hydrogen (secondary N) is 2. The molecule has 0 bridgehead atoms. The van der Waals surface area contributed by atoms with Gasteiger partial charge in [-0.3, -0.25) is 9.59 Å². The Kier molecular flexibility index (Phi) is 6.00. The zero-order chi connectivity index (χ0) is 22.0. The van der Waals surface area contributed by atoms with Crippen LogP contribution in [0, 0.1) is 11.3 Å². The van der Waals surface area contributed by atoms with Crippen molar-refractivity contribution in [3.63, 3.8) is 0 Å². The van der Waals surface area contributed by atoms with Crippen LogP contribution < -0.4 is 10.0 Å². The molecular weight excluding hydrogens is 436 g/mol. The highest BCUT2D eigenvalue weighted by Crippen LogP contribution is 2.26. The second-order valence-corrected chi connectivity index (χ2v) is 10.1. The number of thioether (sulfide) groups is 1. The Labute approximate surface area is 184 Å². The summed E-state index contributed by atoms with van der Waals surface area (Å²) in [6.45, 7) is 0. The monoisotopic (exact) mass is 456 g/mol. The molecule has 0 spiro atoms. The lowest BCUT2D eigenvalue weighted by molar-refractivity contribution is -0.119. The maximum atomic E-state index is 13.1. The Bertz CT molecular complexity index is 1150. The lowest BCUT2D eigenvalue weighted by atomic mass is 10.1. The highest BCUT2D eigenvalue weighted by Gasteiger charge is 2.36. The van der Waals surface area contributed by atoms with E-state index in [-0.39, 0.29) is 22.4 Å². The van der Waals surface area contributed by atoms with Gasteiger partial charge in [-0.15, -0.1) is 11.8 Å². The van der Waals surface area contributed by atoms with E-state index in [4.69, 9.17) is 5.26 Å². The molecule has 2 aliphatic rings. The Morgan fingerprint density at radius 3 is 2.55 bits per heavy atom. The van der Waals surface area contributed by atoms with Gasteiger partial charge in [0.25, 0.3) is 5.91 Å². The Morgan fingerprint density at radius 2 is 1.87 bits per heavy atom. The summed E-state index contributed by atoms with van der Waals surface area (Å²) >= 11 is 1.46. The van der Waals surface area contributed by atoms with Gasteiger partial charge in [0.1, 0.15) is 6.04 Å². The molecule has 31 heavy (non-hydrogen) atoms. The van der Waals surface area contributed by atoms with Crippen molar-refractivity contribution in [2.45, 2.75) is 29.8 Å². The Balaban J connectivity index is 1.49. The van der Waals surface area contributed by atoms with Crippen LogP contribution in [0.2, 0.25) is 0 Å². The Morgan fingerprint density at radius 1 is 1.13 bits per heavy atom. The van der Waals surface area contributed by atoms with E-state index in [1.807, 2.05) is 6.07 Å². The lowest BCUT2D eigenvalue weighted by Crippen LogP contribution is -2.44. The average molecular weight is 457 g/mol. The van der Waals surface area contributed by atoms with Crippen molar-refractivity contribution in [2.24, 2.45) is 0 Å². The van der Waals surface area contributed by atoms with E-state index in [1.165, 1.54) is 34.9 Å². The first-order chi connectivity index (χ1) is 14.9. The molecule has 2 fully saturated rings. The van der Waals surface area contributed by atoms with Crippen LogP contribution in [0.15, 0.2) is 53.4 Å². The minimum atomic E-state index is -3.68. The van der Waals surface area contributed by atoms with Crippen molar-refractivity contribution in [2.75, 3.05) is 16.9 Å². The number of hydrogen-bond donors (Lipinski definition) is 2. The van der Waals surface area contributed by atoms with Crippen molar-refractivity contribution in [1.29, 1.82) is 5.26 Å². The third-order valence-corrected chi connectivity index (χ3v) is 7.55. The zero-order valence-electron chi connectivity index (χ0n) is 16.4. The lowest BCUT2D eigenvalue weighted by Gasteiger charge is -2.23. The van der Waals surface area contributed by atoms with E-state index in [2.05, 4.69) is 10.0 Å². The number of nitrogens with zero attached hydrogens (tertiary/aromatic N) is 2. The molecule has 0 aromatic heterocycles. The van der Waals surface area contributed by atoms with E-state index in [0.717, 1.165) is 12.8 Å². The van der Waals surface area contributed by atoms with Crippen LogP contribution in [0.4, 0.5) is 5.69 Å². The first kappa shape index (κ1) is 21.4. The molecular formula is C21H20N4O4S2. The van der Waals surface area contributed by atoms with Crippen molar-refractivity contribution < 1.29 is 18.0 Å². The van der Waals surface area contributed by atoms with Crippen molar-refractivity contribution in [3.05, 3.63) is 59.7 Å². The molecule has 0 radical (unpaired) electrons. The fourth-order valence-corrected chi connectivity index (χ4v) is 5.67. The van der Waals surface area contributed by atoms with Crippen LogP contribution in [0.3, 0.4) is 0 Å². The van der Waals surface area contributed by atoms with Gasteiger partial charge in [0, 0.05) is 23.0 Å². The van der Waals surface area contributed by atoms with Crippen LogP contribution in [-0.4, -0.2) is 48.8 Å².